The van der Waals surface area contributed by atoms with Gasteiger partial charge in [-0.3, -0.25) is 4.79 Å². The molecule has 0 unspecified atom stereocenters. The van der Waals surface area contributed by atoms with Crippen LogP contribution in [0.2, 0.25) is 0 Å². The molecule has 1 fully saturated rings. The summed E-state index contributed by atoms with van der Waals surface area (Å²) in [5.74, 6) is 0.0215. The van der Waals surface area contributed by atoms with E-state index in [-0.39, 0.29) is 17.8 Å². The first-order valence-electron chi connectivity index (χ1n) is 10.6. The van der Waals surface area contributed by atoms with Crippen molar-refractivity contribution in [2.24, 2.45) is 5.10 Å². The molecule has 7 heteroatoms. The van der Waals surface area contributed by atoms with Crippen LogP contribution in [0.1, 0.15) is 47.2 Å². The molecule has 0 saturated heterocycles. The fraction of sp³-hybridized carbons (Fsp3) is 0.250. The fourth-order valence-corrected chi connectivity index (χ4v) is 4.19. The van der Waals surface area contributed by atoms with Crippen LogP contribution in [0, 0.1) is 6.92 Å². The predicted molar refractivity (Wildman–Crippen MR) is 123 cm³/mol. The third kappa shape index (κ3) is 3.63. The first-order valence-corrected chi connectivity index (χ1v) is 10.6. The Morgan fingerprint density at radius 3 is 2.61 bits per heavy atom. The van der Waals surface area contributed by atoms with Crippen LogP contribution >= 0.6 is 0 Å². The second-order valence-corrected chi connectivity index (χ2v) is 8.07. The molecule has 1 aliphatic carbocycles. The highest BCUT2D eigenvalue weighted by molar-refractivity contribution is 6.10. The number of nitrogen functional groups attached to an aromatic ring is 1. The van der Waals surface area contributed by atoms with Gasteiger partial charge in [-0.25, -0.2) is 9.97 Å². The van der Waals surface area contributed by atoms with E-state index in [0.717, 1.165) is 42.3 Å². The molecular weight excluding hydrogens is 388 g/mol. The number of hydrogen-bond acceptors (Lipinski definition) is 5. The number of amides is 1. The minimum atomic E-state index is -0.219. The maximum absolute atomic E-state index is 13.2. The number of rotatable bonds is 4. The van der Waals surface area contributed by atoms with Crippen molar-refractivity contribution in [2.45, 2.75) is 38.6 Å². The highest BCUT2D eigenvalue weighted by atomic mass is 16.1. The molecule has 2 aromatic carbocycles. The summed E-state index contributed by atoms with van der Waals surface area (Å²) in [7, 11) is 0. The smallest absolute Gasteiger partial charge is 0.257 e. The number of carbonyl (C=O) groups excluding carboxylic acids is 1. The van der Waals surface area contributed by atoms with E-state index in [1.807, 2.05) is 55.5 Å². The number of fused-ring (bicyclic) bond motifs is 2. The van der Waals surface area contributed by atoms with Crippen molar-refractivity contribution in [3.8, 4) is 0 Å². The Balaban J connectivity index is 1.65. The van der Waals surface area contributed by atoms with Crippen LogP contribution in [0.4, 0.5) is 5.82 Å². The fourth-order valence-electron chi connectivity index (χ4n) is 4.19. The van der Waals surface area contributed by atoms with Gasteiger partial charge in [0.05, 0.1) is 17.2 Å². The minimum Gasteiger partial charge on any atom is -0.383 e. The van der Waals surface area contributed by atoms with Crippen LogP contribution < -0.4 is 11.1 Å². The van der Waals surface area contributed by atoms with Gasteiger partial charge in [-0.2, -0.15) is 9.78 Å². The van der Waals surface area contributed by atoms with Gasteiger partial charge in [0, 0.05) is 6.04 Å². The van der Waals surface area contributed by atoms with Crippen molar-refractivity contribution in [1.29, 1.82) is 0 Å². The molecule has 4 aromatic rings. The van der Waals surface area contributed by atoms with Crippen LogP contribution in [-0.4, -0.2) is 32.8 Å². The quantitative estimate of drug-likeness (QED) is 0.495. The normalized spacial score (nSPS) is 14.7. The van der Waals surface area contributed by atoms with Gasteiger partial charge in [0.2, 0.25) is 0 Å². The number of hydrogen-bond donors (Lipinski definition) is 2. The molecule has 1 saturated carbocycles. The molecule has 0 radical (unpaired) electrons. The van der Waals surface area contributed by atoms with Crippen LogP contribution in [0.3, 0.4) is 0 Å². The van der Waals surface area contributed by atoms with Crippen LogP contribution in [0.5, 0.6) is 0 Å². The Kier molecular flexibility index (Phi) is 4.86. The number of nitrogens with one attached hydrogen (secondary N) is 1. The van der Waals surface area contributed by atoms with E-state index in [4.69, 9.17) is 15.7 Å². The average molecular weight is 412 g/mol. The summed E-state index contributed by atoms with van der Waals surface area (Å²) in [5.41, 5.74) is 11.2. The maximum atomic E-state index is 13.2. The SMILES string of the molecule is Cc1cccc(/C=N/n2c(N)c(C(=O)NC3CCCC3)c3nc4ccccc4nc32)c1. The number of aromatic nitrogens is 3. The van der Waals surface area contributed by atoms with Gasteiger partial charge in [-0.15, -0.1) is 0 Å². The van der Waals surface area contributed by atoms with Crippen molar-refractivity contribution in [3.63, 3.8) is 0 Å². The van der Waals surface area contributed by atoms with E-state index >= 15 is 0 Å². The monoisotopic (exact) mass is 412 g/mol. The molecule has 0 spiro atoms. The van der Waals surface area contributed by atoms with Gasteiger partial charge in [-0.1, -0.05) is 54.8 Å². The highest BCUT2D eigenvalue weighted by Gasteiger charge is 2.26. The van der Waals surface area contributed by atoms with Gasteiger partial charge in [-0.05, 0) is 37.5 Å². The molecule has 31 heavy (non-hydrogen) atoms. The van der Waals surface area contributed by atoms with Crippen LogP contribution in [0.15, 0.2) is 53.6 Å². The van der Waals surface area contributed by atoms with Crippen molar-refractivity contribution in [2.75, 3.05) is 5.73 Å². The standard InChI is InChI=1S/C24H24N6O/c1-15-7-6-8-16(13-15)14-26-30-22(25)20(24(31)27-17-9-2-3-10-17)21-23(30)29-19-12-5-4-11-18(19)28-21/h4-8,11-14,17H,2-3,9-10,25H2,1H3,(H,27,31)/b26-14+. The lowest BCUT2D eigenvalue weighted by atomic mass is 10.2. The number of carbonyl (C=O) groups is 1. The van der Waals surface area contributed by atoms with E-state index in [2.05, 4.69) is 10.4 Å². The lowest BCUT2D eigenvalue weighted by molar-refractivity contribution is 0.0940. The summed E-state index contributed by atoms with van der Waals surface area (Å²) in [6.45, 7) is 2.03. The molecule has 0 atom stereocenters. The zero-order chi connectivity index (χ0) is 21.4. The number of nitrogens with zero attached hydrogens (tertiary/aromatic N) is 4. The summed E-state index contributed by atoms with van der Waals surface area (Å²) >= 11 is 0. The van der Waals surface area contributed by atoms with E-state index in [1.165, 1.54) is 4.68 Å². The van der Waals surface area contributed by atoms with Gasteiger partial charge in [0.15, 0.2) is 5.65 Å². The van der Waals surface area contributed by atoms with Crippen LogP contribution in [0.25, 0.3) is 22.2 Å². The molecule has 2 heterocycles. The summed E-state index contributed by atoms with van der Waals surface area (Å²) in [5, 5.41) is 7.69. The first kappa shape index (κ1) is 19.2. The van der Waals surface area contributed by atoms with Crippen LogP contribution in [-0.2, 0) is 0 Å². The van der Waals surface area contributed by atoms with Gasteiger partial charge >= 0.3 is 0 Å². The number of aryl methyl sites for hydroxylation is 1. The summed E-state index contributed by atoms with van der Waals surface area (Å²) in [6.07, 6.45) is 5.97. The molecule has 5 rings (SSSR count). The number of para-hydroxylation sites is 2. The Labute approximate surface area is 180 Å². The molecule has 2 aromatic heterocycles. The second-order valence-electron chi connectivity index (χ2n) is 8.07. The predicted octanol–water partition coefficient (Wildman–Crippen LogP) is 4.03. The highest BCUT2D eigenvalue weighted by Crippen LogP contribution is 2.28. The number of benzene rings is 2. The molecule has 1 aliphatic rings. The summed E-state index contributed by atoms with van der Waals surface area (Å²) < 4.78 is 1.51. The van der Waals surface area contributed by atoms with Crippen molar-refractivity contribution >= 4 is 40.1 Å². The van der Waals surface area contributed by atoms with Crippen molar-refractivity contribution < 1.29 is 4.79 Å². The number of anilines is 1. The van der Waals surface area contributed by atoms with Gasteiger partial charge in [0.1, 0.15) is 16.9 Å². The molecule has 7 nitrogen and oxygen atoms in total. The molecule has 0 aliphatic heterocycles. The second kappa shape index (κ2) is 7.83. The summed E-state index contributed by atoms with van der Waals surface area (Å²) in [4.78, 5) is 22.6. The Morgan fingerprint density at radius 2 is 1.87 bits per heavy atom. The first-order chi connectivity index (χ1) is 15.1. The van der Waals surface area contributed by atoms with Crippen molar-refractivity contribution in [3.05, 3.63) is 65.2 Å². The lowest BCUT2D eigenvalue weighted by Crippen LogP contribution is -2.33. The minimum absolute atomic E-state index is 0.175. The maximum Gasteiger partial charge on any atom is 0.257 e. The topological polar surface area (TPSA) is 98.2 Å². The zero-order valence-electron chi connectivity index (χ0n) is 17.4. The van der Waals surface area contributed by atoms with Crippen molar-refractivity contribution in [1.82, 2.24) is 20.0 Å². The third-order valence-corrected chi connectivity index (χ3v) is 5.76. The molecule has 156 valence electrons. The lowest BCUT2D eigenvalue weighted by Gasteiger charge is -2.11. The Bertz CT molecular complexity index is 1320. The van der Waals surface area contributed by atoms with E-state index in [1.54, 1.807) is 6.21 Å². The van der Waals surface area contributed by atoms with E-state index in [0.29, 0.717) is 22.2 Å². The van der Waals surface area contributed by atoms with E-state index in [9.17, 15) is 4.79 Å². The third-order valence-electron chi connectivity index (χ3n) is 5.76. The molecular formula is C24H24N6O. The molecule has 0 bridgehead atoms. The Hall–Kier alpha value is -3.74. The Morgan fingerprint density at radius 1 is 1.13 bits per heavy atom. The number of nitrogens with two attached hydrogens (primary N) is 1. The zero-order valence-corrected chi connectivity index (χ0v) is 17.4. The van der Waals surface area contributed by atoms with E-state index < -0.39 is 0 Å². The largest absolute Gasteiger partial charge is 0.383 e. The molecule has 1 amide bonds. The van der Waals surface area contributed by atoms with Gasteiger partial charge in [0.25, 0.3) is 5.91 Å². The summed E-state index contributed by atoms with van der Waals surface area (Å²) in [6, 6.07) is 15.7. The molecule has 3 N–H and O–H groups in total. The van der Waals surface area contributed by atoms with Gasteiger partial charge < -0.3 is 11.1 Å². The average Bonchev–Trinajstić information content (AvgIpc) is 3.36.